The molecule has 0 aliphatic carbocycles. The van der Waals surface area contributed by atoms with Crippen molar-refractivity contribution in [2.75, 3.05) is 0 Å². The van der Waals surface area contributed by atoms with Gasteiger partial charge in [-0.25, -0.2) is 19.4 Å². The second-order valence-corrected chi connectivity index (χ2v) is 2.34. The van der Waals surface area contributed by atoms with E-state index in [2.05, 4.69) is 15.5 Å². The summed E-state index contributed by atoms with van der Waals surface area (Å²) >= 11 is 0. The number of rotatable bonds is 4. The highest BCUT2D eigenvalue weighted by Crippen LogP contribution is 1.97. The van der Waals surface area contributed by atoms with E-state index in [-0.39, 0.29) is 12.8 Å². The summed E-state index contributed by atoms with van der Waals surface area (Å²) in [4.78, 5) is 38.4. The van der Waals surface area contributed by atoms with Crippen molar-refractivity contribution in [3.8, 4) is 0 Å². The summed E-state index contributed by atoms with van der Waals surface area (Å²) in [5.74, 6) is -2.14. The first-order chi connectivity index (χ1) is 6.43. The van der Waals surface area contributed by atoms with Crippen LogP contribution in [-0.4, -0.2) is 29.2 Å². The normalized spacial score (nSPS) is 11.5. The van der Waals surface area contributed by atoms with Gasteiger partial charge in [0.2, 0.25) is 0 Å². The van der Waals surface area contributed by atoms with Crippen molar-refractivity contribution in [3.63, 3.8) is 0 Å². The number of carboxylic acids is 1. The summed E-state index contributed by atoms with van der Waals surface area (Å²) in [6.07, 6.45) is -1.69. The third-order valence-corrected chi connectivity index (χ3v) is 1.18. The lowest BCUT2D eigenvalue weighted by Gasteiger charge is -2.06. The minimum absolute atomic E-state index is 0.115. The van der Waals surface area contributed by atoms with E-state index in [1.807, 2.05) is 0 Å². The van der Waals surface area contributed by atoms with Crippen molar-refractivity contribution >= 4 is 18.0 Å². The van der Waals surface area contributed by atoms with Crippen molar-refractivity contribution < 1.29 is 29.3 Å². The summed E-state index contributed by atoms with van der Waals surface area (Å²) in [6.45, 7) is 0. The first-order valence-electron chi connectivity index (χ1n) is 3.58. The first kappa shape index (κ1) is 12.2. The van der Waals surface area contributed by atoms with Gasteiger partial charge in [0, 0.05) is 6.42 Å². The Morgan fingerprint density at radius 3 is 2.29 bits per heavy atom. The second-order valence-electron chi connectivity index (χ2n) is 2.34. The summed E-state index contributed by atoms with van der Waals surface area (Å²) in [5, 5.41) is 8.25. The second kappa shape index (κ2) is 5.75. The van der Waals surface area contributed by atoms with Crippen molar-refractivity contribution in [1.82, 2.24) is 0 Å². The SMILES string of the molecule is NC(=O)OOC(=O)C(N)CCC(=O)O. The third-order valence-electron chi connectivity index (χ3n) is 1.18. The topological polar surface area (TPSA) is 142 Å². The van der Waals surface area contributed by atoms with Crippen LogP contribution in [0.3, 0.4) is 0 Å². The maximum atomic E-state index is 10.8. The van der Waals surface area contributed by atoms with E-state index in [0.717, 1.165) is 0 Å². The quantitative estimate of drug-likeness (QED) is 0.384. The third kappa shape index (κ3) is 5.77. The molecule has 0 bridgehead atoms. The lowest BCUT2D eigenvalue weighted by Crippen LogP contribution is -2.34. The molecule has 1 atom stereocenters. The molecule has 8 heteroatoms. The van der Waals surface area contributed by atoms with Crippen LogP contribution >= 0.6 is 0 Å². The van der Waals surface area contributed by atoms with Crippen LogP contribution in [0, 0.1) is 0 Å². The van der Waals surface area contributed by atoms with Gasteiger partial charge in [0.25, 0.3) is 0 Å². The van der Waals surface area contributed by atoms with Crippen molar-refractivity contribution in [2.45, 2.75) is 18.9 Å². The fourth-order valence-corrected chi connectivity index (χ4v) is 0.541. The van der Waals surface area contributed by atoms with Gasteiger partial charge in [-0.15, -0.1) is 0 Å². The molecule has 1 unspecified atom stereocenters. The Morgan fingerprint density at radius 1 is 1.29 bits per heavy atom. The molecular weight excluding hydrogens is 196 g/mol. The molecule has 0 radical (unpaired) electrons. The van der Waals surface area contributed by atoms with Gasteiger partial charge in [0.05, 0.1) is 0 Å². The van der Waals surface area contributed by atoms with Crippen molar-refractivity contribution in [3.05, 3.63) is 0 Å². The number of aliphatic carboxylic acids is 1. The first-order valence-corrected chi connectivity index (χ1v) is 3.58. The molecule has 5 N–H and O–H groups in total. The number of carbonyl (C=O) groups excluding carboxylic acids is 2. The maximum Gasteiger partial charge on any atom is 0.447 e. The molecule has 0 aromatic heterocycles. The van der Waals surface area contributed by atoms with Crippen LogP contribution in [0.15, 0.2) is 0 Å². The molecule has 0 aromatic rings. The molecule has 80 valence electrons. The minimum Gasteiger partial charge on any atom is -0.481 e. The average Bonchev–Trinajstić information content (AvgIpc) is 2.09. The highest BCUT2D eigenvalue weighted by atomic mass is 17.2. The van der Waals surface area contributed by atoms with E-state index in [1.54, 1.807) is 0 Å². The summed E-state index contributed by atoms with van der Waals surface area (Å²) < 4.78 is 0. The highest BCUT2D eigenvalue weighted by Gasteiger charge is 2.18. The van der Waals surface area contributed by atoms with E-state index in [1.165, 1.54) is 0 Å². The largest absolute Gasteiger partial charge is 0.481 e. The predicted molar refractivity (Wildman–Crippen MR) is 41.6 cm³/mol. The zero-order valence-electron chi connectivity index (χ0n) is 7.13. The molecule has 0 saturated heterocycles. The van der Waals surface area contributed by atoms with Crippen LogP contribution in [0.5, 0.6) is 0 Å². The fourth-order valence-electron chi connectivity index (χ4n) is 0.541. The predicted octanol–water partition coefficient (Wildman–Crippen LogP) is -1.27. The number of nitrogens with two attached hydrogens (primary N) is 2. The molecule has 14 heavy (non-hydrogen) atoms. The minimum atomic E-state index is -1.29. The molecule has 1 amide bonds. The van der Waals surface area contributed by atoms with E-state index in [0.29, 0.717) is 0 Å². The monoisotopic (exact) mass is 206 g/mol. The molecule has 0 rings (SSSR count). The number of hydrogen-bond donors (Lipinski definition) is 3. The number of hydrogen-bond acceptors (Lipinski definition) is 6. The lowest BCUT2D eigenvalue weighted by atomic mass is 10.2. The van der Waals surface area contributed by atoms with E-state index >= 15 is 0 Å². The number of primary amides is 1. The Morgan fingerprint density at radius 2 is 1.86 bits per heavy atom. The molecular formula is C6H10N2O6. The van der Waals surface area contributed by atoms with E-state index in [4.69, 9.17) is 10.8 Å². The summed E-state index contributed by atoms with van der Waals surface area (Å²) in [6, 6.07) is -1.16. The van der Waals surface area contributed by atoms with Gasteiger partial charge in [-0.3, -0.25) is 4.79 Å². The van der Waals surface area contributed by atoms with Crippen molar-refractivity contribution in [2.24, 2.45) is 11.5 Å². The van der Waals surface area contributed by atoms with E-state index in [9.17, 15) is 14.4 Å². The Kier molecular flexibility index (Phi) is 5.00. The van der Waals surface area contributed by atoms with Gasteiger partial charge in [-0.05, 0) is 6.42 Å². The van der Waals surface area contributed by atoms with Gasteiger partial charge >= 0.3 is 18.0 Å². The van der Waals surface area contributed by atoms with Crippen LogP contribution in [0.25, 0.3) is 0 Å². The fraction of sp³-hybridized carbons (Fsp3) is 0.500. The van der Waals surface area contributed by atoms with Crippen LogP contribution in [0.1, 0.15) is 12.8 Å². The molecule has 0 aromatic carbocycles. The molecule has 0 aliphatic rings. The van der Waals surface area contributed by atoms with E-state index < -0.39 is 24.1 Å². The molecule has 0 spiro atoms. The van der Waals surface area contributed by atoms with Crippen LogP contribution < -0.4 is 11.5 Å². The molecule has 0 heterocycles. The highest BCUT2D eigenvalue weighted by molar-refractivity contribution is 5.77. The Balaban J connectivity index is 3.76. The van der Waals surface area contributed by atoms with Gasteiger partial charge in [0.1, 0.15) is 6.04 Å². The molecule has 0 saturated carbocycles. The van der Waals surface area contributed by atoms with Gasteiger partial charge < -0.3 is 16.6 Å². The van der Waals surface area contributed by atoms with Gasteiger partial charge in [-0.2, -0.15) is 0 Å². The Bertz CT molecular complexity index is 240. The molecule has 0 fully saturated rings. The van der Waals surface area contributed by atoms with Crippen LogP contribution in [0.2, 0.25) is 0 Å². The standard InChI is InChI=1S/C6H10N2O6/c7-3(1-2-4(9)10)5(11)13-14-6(8)12/h3H,1-2,7H2,(H2,8,12)(H,9,10). The molecule has 8 nitrogen and oxygen atoms in total. The molecule has 0 aliphatic heterocycles. The zero-order chi connectivity index (χ0) is 11.1. The van der Waals surface area contributed by atoms with Gasteiger partial charge in [-0.1, -0.05) is 0 Å². The Hall–Kier alpha value is -1.83. The number of carboxylic acid groups (broad SMARTS) is 1. The number of carbonyl (C=O) groups is 3. The van der Waals surface area contributed by atoms with Crippen LogP contribution in [-0.2, 0) is 19.4 Å². The van der Waals surface area contributed by atoms with Gasteiger partial charge in [0.15, 0.2) is 0 Å². The van der Waals surface area contributed by atoms with Crippen molar-refractivity contribution in [1.29, 1.82) is 0 Å². The van der Waals surface area contributed by atoms with Crippen LogP contribution in [0.4, 0.5) is 4.79 Å². The number of amides is 1. The Labute approximate surface area is 78.7 Å². The smallest absolute Gasteiger partial charge is 0.447 e. The average molecular weight is 206 g/mol. The summed E-state index contributed by atoms with van der Waals surface area (Å²) in [7, 11) is 0. The summed E-state index contributed by atoms with van der Waals surface area (Å²) in [5.41, 5.74) is 9.67. The zero-order valence-corrected chi connectivity index (χ0v) is 7.13. The maximum absolute atomic E-state index is 10.8. The lowest BCUT2D eigenvalue weighted by molar-refractivity contribution is -0.232.